The van der Waals surface area contributed by atoms with Crippen molar-refractivity contribution in [1.82, 2.24) is 9.80 Å². The van der Waals surface area contributed by atoms with Gasteiger partial charge in [-0.15, -0.1) is 0 Å². The molecule has 1 atom stereocenters. The van der Waals surface area contributed by atoms with E-state index in [-0.39, 0.29) is 11.8 Å². The lowest BCUT2D eigenvalue weighted by Gasteiger charge is -2.40. The molecule has 1 aliphatic rings. The van der Waals surface area contributed by atoms with Crippen LogP contribution in [0.15, 0.2) is 30.3 Å². The highest BCUT2D eigenvalue weighted by atomic mass is 16.2. The zero-order valence-corrected chi connectivity index (χ0v) is 11.3. The van der Waals surface area contributed by atoms with E-state index >= 15 is 0 Å². The van der Waals surface area contributed by atoms with Gasteiger partial charge in [-0.1, -0.05) is 30.3 Å². The molecule has 0 aromatic heterocycles. The summed E-state index contributed by atoms with van der Waals surface area (Å²) in [6.45, 7) is 3.22. The Labute approximate surface area is 114 Å². The van der Waals surface area contributed by atoms with Crippen LogP contribution in [0.4, 0.5) is 4.79 Å². The monoisotopic (exact) mass is 258 g/mol. The number of carbonyl (C=O) groups is 2. The minimum absolute atomic E-state index is 0.0208. The van der Waals surface area contributed by atoms with Crippen LogP contribution in [0.1, 0.15) is 12.0 Å². The highest BCUT2D eigenvalue weighted by Crippen LogP contribution is 2.15. The number of carbonyl (C=O) groups excluding carboxylic acids is 2. The molecule has 0 radical (unpaired) electrons. The zero-order chi connectivity index (χ0) is 13.7. The molecule has 1 saturated heterocycles. The predicted molar refractivity (Wildman–Crippen MR) is 76.8 cm³/mol. The van der Waals surface area contributed by atoms with Gasteiger partial charge < -0.3 is 9.69 Å². The van der Waals surface area contributed by atoms with Crippen molar-refractivity contribution in [2.75, 3.05) is 19.6 Å². The fraction of sp³-hybridized carbons (Fsp3) is 0.429. The van der Waals surface area contributed by atoms with Crippen molar-refractivity contribution >= 4 is 19.9 Å². The van der Waals surface area contributed by atoms with Crippen LogP contribution in [0, 0.1) is 0 Å². The normalized spacial score (nSPS) is 20.2. The molecule has 0 saturated carbocycles. The van der Waals surface area contributed by atoms with E-state index in [1.165, 1.54) is 5.56 Å². The van der Waals surface area contributed by atoms with Crippen molar-refractivity contribution in [3.05, 3.63) is 35.9 Å². The second-order valence-corrected chi connectivity index (χ2v) is 4.99. The van der Waals surface area contributed by atoms with E-state index in [4.69, 9.17) is 0 Å². The van der Waals surface area contributed by atoms with Gasteiger partial charge in [-0.3, -0.25) is 9.69 Å². The van der Waals surface area contributed by atoms with Crippen LogP contribution in [0.3, 0.4) is 0 Å². The SMILES string of the molecule is BC(=O)N1CCN(Cc2ccccc2)C[C@@H]1CC=O. The lowest BCUT2D eigenvalue weighted by molar-refractivity contribution is -0.109. The summed E-state index contributed by atoms with van der Waals surface area (Å²) in [5, 5.41) is 0. The van der Waals surface area contributed by atoms with Crippen molar-refractivity contribution in [3.63, 3.8) is 0 Å². The molecule has 0 unspecified atom stereocenters. The molecule has 1 heterocycles. The Hall–Kier alpha value is -1.62. The minimum atomic E-state index is 0.0208. The van der Waals surface area contributed by atoms with E-state index in [0.717, 1.165) is 25.9 Å². The molecule has 1 aromatic rings. The number of amides is 1. The summed E-state index contributed by atoms with van der Waals surface area (Å²) in [5.74, 6) is 0.0613. The van der Waals surface area contributed by atoms with Gasteiger partial charge in [0.1, 0.15) is 6.29 Å². The lowest BCUT2D eigenvalue weighted by atomic mass is 10.0. The topological polar surface area (TPSA) is 40.6 Å². The van der Waals surface area contributed by atoms with Crippen molar-refractivity contribution < 1.29 is 9.59 Å². The van der Waals surface area contributed by atoms with Gasteiger partial charge >= 0.3 is 0 Å². The number of rotatable bonds is 4. The number of benzene rings is 1. The Morgan fingerprint density at radius 1 is 1.32 bits per heavy atom. The molecule has 100 valence electrons. The second kappa shape index (κ2) is 6.52. The van der Waals surface area contributed by atoms with E-state index in [0.29, 0.717) is 13.0 Å². The summed E-state index contributed by atoms with van der Waals surface area (Å²) < 4.78 is 0. The highest BCUT2D eigenvalue weighted by molar-refractivity contribution is 6.57. The van der Waals surface area contributed by atoms with Crippen molar-refractivity contribution in [1.29, 1.82) is 0 Å². The first-order chi connectivity index (χ1) is 9.20. The maximum absolute atomic E-state index is 11.5. The standard InChI is InChI=1S/C14H19BN2O2/c15-14(19)17-8-7-16(11-13(17)6-9-18)10-12-4-2-1-3-5-12/h1-5,9,13H,6-8,10-11,15H2/t13-/m0/s1. The summed E-state index contributed by atoms with van der Waals surface area (Å²) in [5.41, 5.74) is 1.27. The maximum atomic E-state index is 11.5. The van der Waals surface area contributed by atoms with Crippen LogP contribution in [0.2, 0.25) is 0 Å². The van der Waals surface area contributed by atoms with Crippen LogP contribution in [0.5, 0.6) is 0 Å². The molecule has 1 aromatic carbocycles. The molecule has 0 bridgehead atoms. The first-order valence-electron chi connectivity index (χ1n) is 6.68. The summed E-state index contributed by atoms with van der Waals surface area (Å²) in [7, 11) is 1.57. The summed E-state index contributed by atoms with van der Waals surface area (Å²) >= 11 is 0. The van der Waals surface area contributed by atoms with E-state index in [1.807, 2.05) is 23.1 Å². The molecule has 1 aliphatic heterocycles. The van der Waals surface area contributed by atoms with Gasteiger partial charge in [-0.05, 0) is 5.56 Å². The van der Waals surface area contributed by atoms with Gasteiger partial charge in [0.05, 0.1) is 6.04 Å². The molecule has 0 spiro atoms. The number of piperazine rings is 1. The van der Waals surface area contributed by atoms with Gasteiger partial charge in [-0.25, -0.2) is 0 Å². The van der Waals surface area contributed by atoms with Crippen LogP contribution in [-0.4, -0.2) is 55.4 Å². The van der Waals surface area contributed by atoms with Crippen molar-refractivity contribution in [2.45, 2.75) is 19.0 Å². The summed E-state index contributed by atoms with van der Waals surface area (Å²) in [6, 6.07) is 10.3. The lowest BCUT2D eigenvalue weighted by Crippen LogP contribution is -2.54. The van der Waals surface area contributed by atoms with Gasteiger partial charge in [0.2, 0.25) is 7.85 Å². The fourth-order valence-corrected chi connectivity index (χ4v) is 2.63. The average Bonchev–Trinajstić information content (AvgIpc) is 2.40. The number of hydrogen-bond acceptors (Lipinski definition) is 3. The second-order valence-electron chi connectivity index (χ2n) is 4.99. The molecule has 4 nitrogen and oxygen atoms in total. The van der Waals surface area contributed by atoms with Crippen LogP contribution in [-0.2, 0) is 11.3 Å². The van der Waals surface area contributed by atoms with Crippen LogP contribution < -0.4 is 0 Å². The molecule has 2 rings (SSSR count). The van der Waals surface area contributed by atoms with E-state index in [9.17, 15) is 9.59 Å². The first-order valence-corrected chi connectivity index (χ1v) is 6.68. The Balaban J connectivity index is 1.98. The third-order valence-corrected chi connectivity index (χ3v) is 3.59. The molecule has 1 amide bonds. The Morgan fingerprint density at radius 3 is 2.68 bits per heavy atom. The predicted octanol–water partition coefficient (Wildman–Crippen LogP) is 0.515. The fourth-order valence-electron chi connectivity index (χ4n) is 2.63. The number of aldehydes is 1. The Kier molecular flexibility index (Phi) is 4.74. The first kappa shape index (κ1) is 13.8. The van der Waals surface area contributed by atoms with Gasteiger partial charge in [-0.2, -0.15) is 0 Å². The third kappa shape index (κ3) is 3.67. The van der Waals surface area contributed by atoms with E-state index in [2.05, 4.69) is 17.0 Å². The molecule has 0 N–H and O–H groups in total. The molecular weight excluding hydrogens is 239 g/mol. The van der Waals surface area contributed by atoms with Gasteiger partial charge in [0.15, 0.2) is 5.81 Å². The molecule has 0 aliphatic carbocycles. The van der Waals surface area contributed by atoms with Gasteiger partial charge in [0.25, 0.3) is 0 Å². The Morgan fingerprint density at radius 2 is 2.05 bits per heavy atom. The minimum Gasteiger partial charge on any atom is -0.346 e. The van der Waals surface area contributed by atoms with Crippen molar-refractivity contribution in [2.24, 2.45) is 0 Å². The third-order valence-electron chi connectivity index (χ3n) is 3.59. The van der Waals surface area contributed by atoms with Gasteiger partial charge in [0, 0.05) is 32.6 Å². The molecule has 1 fully saturated rings. The van der Waals surface area contributed by atoms with E-state index in [1.54, 1.807) is 7.85 Å². The number of hydrogen-bond donors (Lipinski definition) is 0. The zero-order valence-electron chi connectivity index (χ0n) is 11.3. The van der Waals surface area contributed by atoms with Crippen molar-refractivity contribution in [3.8, 4) is 0 Å². The molecular formula is C14H19BN2O2. The molecule has 19 heavy (non-hydrogen) atoms. The Bertz CT molecular complexity index is 438. The van der Waals surface area contributed by atoms with Crippen LogP contribution >= 0.6 is 0 Å². The number of nitrogens with zero attached hydrogens (tertiary/aromatic N) is 2. The molecule has 5 heteroatoms. The van der Waals surface area contributed by atoms with E-state index < -0.39 is 0 Å². The quantitative estimate of drug-likeness (QED) is 0.583. The van der Waals surface area contributed by atoms with Crippen LogP contribution in [0.25, 0.3) is 0 Å². The maximum Gasteiger partial charge on any atom is 0.215 e. The smallest absolute Gasteiger partial charge is 0.215 e. The summed E-state index contributed by atoms with van der Waals surface area (Å²) in [4.78, 5) is 26.4. The average molecular weight is 258 g/mol. The highest BCUT2D eigenvalue weighted by Gasteiger charge is 2.27. The largest absolute Gasteiger partial charge is 0.346 e. The summed E-state index contributed by atoms with van der Waals surface area (Å²) in [6.07, 6.45) is 1.33.